The van der Waals surface area contributed by atoms with Gasteiger partial charge in [0.05, 0.1) is 23.7 Å². The summed E-state index contributed by atoms with van der Waals surface area (Å²) in [6.45, 7) is 0. The van der Waals surface area contributed by atoms with Gasteiger partial charge in [-0.2, -0.15) is 18.4 Å². The van der Waals surface area contributed by atoms with Crippen LogP contribution in [0.15, 0.2) is 16.7 Å². The molecule has 0 aliphatic heterocycles. The monoisotopic (exact) mass is 264 g/mol. The summed E-state index contributed by atoms with van der Waals surface area (Å²) in [7, 11) is 0. The van der Waals surface area contributed by atoms with E-state index in [1.165, 1.54) is 0 Å². The number of pyridine rings is 1. The molecule has 0 aliphatic rings. The Morgan fingerprint density at radius 2 is 2.07 bits per heavy atom. The quantitative estimate of drug-likeness (QED) is 0.732. The first-order chi connectivity index (χ1) is 6.43. The molecular formula is C8H4BrF3N2. The van der Waals surface area contributed by atoms with Crippen molar-refractivity contribution in [3.8, 4) is 6.07 Å². The molecule has 0 saturated heterocycles. The average Bonchev–Trinajstić information content (AvgIpc) is 2.02. The van der Waals surface area contributed by atoms with E-state index in [1.54, 1.807) is 6.07 Å². The molecule has 74 valence electrons. The summed E-state index contributed by atoms with van der Waals surface area (Å²) in [5.74, 6) is 0. The summed E-state index contributed by atoms with van der Waals surface area (Å²) in [6.07, 6.45) is -4.54. The van der Waals surface area contributed by atoms with Crippen molar-refractivity contribution < 1.29 is 13.2 Å². The Morgan fingerprint density at radius 1 is 1.43 bits per heavy atom. The van der Waals surface area contributed by atoms with Crippen LogP contribution in [0.1, 0.15) is 11.3 Å². The van der Waals surface area contributed by atoms with Crippen LogP contribution in [0, 0.1) is 11.3 Å². The predicted molar refractivity (Wildman–Crippen MR) is 46.3 cm³/mol. The largest absolute Gasteiger partial charge is 0.416 e. The minimum atomic E-state index is -4.41. The molecule has 0 amide bonds. The topological polar surface area (TPSA) is 36.7 Å². The van der Waals surface area contributed by atoms with E-state index < -0.39 is 11.7 Å². The molecule has 0 saturated carbocycles. The molecule has 0 N–H and O–H groups in total. The second-order valence-corrected chi connectivity index (χ2v) is 3.32. The zero-order valence-corrected chi connectivity index (χ0v) is 8.35. The Kier molecular flexibility index (Phi) is 3.11. The van der Waals surface area contributed by atoms with Crippen LogP contribution in [0.5, 0.6) is 0 Å². The Labute approximate surface area is 86.5 Å². The van der Waals surface area contributed by atoms with Gasteiger partial charge in [0.25, 0.3) is 0 Å². The van der Waals surface area contributed by atoms with Crippen molar-refractivity contribution in [1.82, 2.24) is 4.98 Å². The maximum absolute atomic E-state index is 12.3. The van der Waals surface area contributed by atoms with E-state index in [0.717, 1.165) is 12.1 Å². The minimum absolute atomic E-state index is 0.0811. The molecular weight excluding hydrogens is 261 g/mol. The minimum Gasteiger partial charge on any atom is -0.245 e. The SMILES string of the molecule is N#CCc1cc(C(F)(F)F)cc(Br)n1. The highest BCUT2D eigenvalue weighted by Gasteiger charge is 2.31. The van der Waals surface area contributed by atoms with Crippen LogP contribution in [0.25, 0.3) is 0 Å². The van der Waals surface area contributed by atoms with E-state index >= 15 is 0 Å². The van der Waals surface area contributed by atoms with Crippen LogP contribution in [-0.4, -0.2) is 4.98 Å². The number of rotatable bonds is 1. The molecule has 1 rings (SSSR count). The summed E-state index contributed by atoms with van der Waals surface area (Å²) in [5.41, 5.74) is -0.696. The lowest BCUT2D eigenvalue weighted by Crippen LogP contribution is -2.06. The van der Waals surface area contributed by atoms with Crippen molar-refractivity contribution in [2.75, 3.05) is 0 Å². The molecule has 0 spiro atoms. The molecule has 0 bridgehead atoms. The first-order valence-electron chi connectivity index (χ1n) is 3.54. The van der Waals surface area contributed by atoms with Gasteiger partial charge in [0.1, 0.15) is 4.60 Å². The molecule has 0 unspecified atom stereocenters. The fourth-order valence-electron chi connectivity index (χ4n) is 0.886. The fraction of sp³-hybridized carbons (Fsp3) is 0.250. The Hall–Kier alpha value is -1.09. The van der Waals surface area contributed by atoms with Crippen LogP contribution in [0.3, 0.4) is 0 Å². The summed E-state index contributed by atoms with van der Waals surface area (Å²) < 4.78 is 36.9. The van der Waals surface area contributed by atoms with E-state index in [9.17, 15) is 13.2 Å². The number of hydrogen-bond acceptors (Lipinski definition) is 2. The fourth-order valence-corrected chi connectivity index (χ4v) is 1.36. The van der Waals surface area contributed by atoms with Gasteiger partial charge in [-0.1, -0.05) is 0 Å². The van der Waals surface area contributed by atoms with Crippen LogP contribution >= 0.6 is 15.9 Å². The van der Waals surface area contributed by atoms with Gasteiger partial charge < -0.3 is 0 Å². The highest BCUT2D eigenvalue weighted by molar-refractivity contribution is 9.10. The van der Waals surface area contributed by atoms with Crippen LogP contribution in [0.2, 0.25) is 0 Å². The third kappa shape index (κ3) is 2.70. The third-order valence-corrected chi connectivity index (χ3v) is 1.84. The van der Waals surface area contributed by atoms with E-state index in [0.29, 0.717) is 0 Å². The Morgan fingerprint density at radius 3 is 2.57 bits per heavy atom. The molecule has 2 nitrogen and oxygen atoms in total. The van der Waals surface area contributed by atoms with Crippen LogP contribution in [0.4, 0.5) is 13.2 Å². The van der Waals surface area contributed by atoms with Gasteiger partial charge in [-0.3, -0.25) is 0 Å². The Balaban J connectivity index is 3.15. The number of nitriles is 1. The van der Waals surface area contributed by atoms with Crippen molar-refractivity contribution in [3.63, 3.8) is 0 Å². The number of aromatic nitrogens is 1. The molecule has 14 heavy (non-hydrogen) atoms. The van der Waals surface area contributed by atoms with Crippen molar-refractivity contribution in [2.24, 2.45) is 0 Å². The second kappa shape index (κ2) is 3.96. The molecule has 0 radical (unpaired) electrons. The van der Waals surface area contributed by atoms with Crippen molar-refractivity contribution in [3.05, 3.63) is 28.0 Å². The maximum Gasteiger partial charge on any atom is 0.416 e. The summed E-state index contributed by atoms with van der Waals surface area (Å²) in [6, 6.07) is 3.48. The molecule has 0 fully saturated rings. The molecule has 1 aromatic heterocycles. The van der Waals surface area contributed by atoms with Gasteiger partial charge in [0, 0.05) is 0 Å². The smallest absolute Gasteiger partial charge is 0.245 e. The summed E-state index contributed by atoms with van der Waals surface area (Å²) >= 11 is 2.85. The molecule has 0 aliphatic carbocycles. The molecule has 1 heterocycles. The molecule has 1 aromatic rings. The molecule has 6 heteroatoms. The van der Waals surface area contributed by atoms with E-state index in [-0.39, 0.29) is 16.7 Å². The van der Waals surface area contributed by atoms with Crippen LogP contribution in [-0.2, 0) is 12.6 Å². The lowest BCUT2D eigenvalue weighted by molar-refractivity contribution is -0.137. The summed E-state index contributed by atoms with van der Waals surface area (Å²) in [4.78, 5) is 3.73. The van der Waals surface area contributed by atoms with E-state index in [2.05, 4.69) is 20.9 Å². The van der Waals surface area contributed by atoms with Gasteiger partial charge >= 0.3 is 6.18 Å². The Bertz CT molecular complexity index is 381. The van der Waals surface area contributed by atoms with Gasteiger partial charge in [-0.15, -0.1) is 0 Å². The number of hydrogen-bond donors (Lipinski definition) is 0. The maximum atomic E-state index is 12.3. The predicted octanol–water partition coefficient (Wildman–Crippen LogP) is 2.93. The first-order valence-corrected chi connectivity index (χ1v) is 4.33. The van der Waals surface area contributed by atoms with Crippen molar-refractivity contribution >= 4 is 15.9 Å². The van der Waals surface area contributed by atoms with Crippen molar-refractivity contribution in [1.29, 1.82) is 5.26 Å². The average molecular weight is 265 g/mol. The normalized spacial score (nSPS) is 11.1. The molecule has 0 atom stereocenters. The van der Waals surface area contributed by atoms with Gasteiger partial charge in [-0.05, 0) is 28.1 Å². The highest BCUT2D eigenvalue weighted by atomic mass is 79.9. The van der Waals surface area contributed by atoms with Gasteiger partial charge in [0.2, 0.25) is 0 Å². The molecule has 0 aromatic carbocycles. The second-order valence-electron chi connectivity index (χ2n) is 2.50. The van der Waals surface area contributed by atoms with Gasteiger partial charge in [0.15, 0.2) is 0 Å². The number of nitrogens with zero attached hydrogens (tertiary/aromatic N) is 2. The van der Waals surface area contributed by atoms with Gasteiger partial charge in [-0.25, -0.2) is 4.98 Å². The van der Waals surface area contributed by atoms with Crippen LogP contribution < -0.4 is 0 Å². The summed E-state index contributed by atoms with van der Waals surface area (Å²) in [5, 5.41) is 8.32. The zero-order valence-electron chi connectivity index (χ0n) is 6.77. The third-order valence-electron chi connectivity index (χ3n) is 1.43. The number of halogens is 4. The van der Waals surface area contributed by atoms with Crippen molar-refractivity contribution in [2.45, 2.75) is 12.6 Å². The standard InChI is InChI=1S/C8H4BrF3N2/c9-7-4-5(8(10,11)12)3-6(14-7)1-2-13/h3-4H,1H2. The van der Waals surface area contributed by atoms with E-state index in [4.69, 9.17) is 5.26 Å². The highest BCUT2D eigenvalue weighted by Crippen LogP contribution is 2.30. The number of alkyl halides is 3. The van der Waals surface area contributed by atoms with E-state index in [1.807, 2.05) is 0 Å². The lowest BCUT2D eigenvalue weighted by atomic mass is 10.2. The lowest BCUT2D eigenvalue weighted by Gasteiger charge is -2.07. The first kappa shape index (κ1) is 11.0. The zero-order chi connectivity index (χ0) is 10.8.